The Labute approximate surface area is 295 Å². The SMILES string of the molecule is CCCN(CC(=O)O[C@H]1[C@H](OC(C)=O)C[C@]23COC[C@]1(C)[C@@H]2CC[C@H]1C3=CC[C@@]2(C)[C@H](C(=O)O)[C@@](C)([C@H](C)C(C)C)CC[C@]12C)CC1CC1. The lowest BCUT2D eigenvalue weighted by Crippen LogP contribution is -2.70. The van der Waals surface area contributed by atoms with E-state index in [1.165, 1.54) is 25.3 Å². The molecule has 1 heterocycles. The van der Waals surface area contributed by atoms with Crippen molar-refractivity contribution < 1.29 is 33.7 Å². The van der Waals surface area contributed by atoms with Crippen LogP contribution in [0.4, 0.5) is 0 Å². The van der Waals surface area contributed by atoms with Crippen LogP contribution >= 0.6 is 0 Å². The first-order chi connectivity index (χ1) is 23.0. The van der Waals surface area contributed by atoms with Crippen molar-refractivity contribution >= 4 is 17.9 Å². The van der Waals surface area contributed by atoms with Gasteiger partial charge in [0.2, 0.25) is 0 Å². The van der Waals surface area contributed by atoms with E-state index in [1.807, 2.05) is 0 Å². The molecule has 49 heavy (non-hydrogen) atoms. The third kappa shape index (κ3) is 5.81. The Kier molecular flexibility index (Phi) is 9.72. The van der Waals surface area contributed by atoms with E-state index < -0.39 is 34.9 Å². The average molecular weight is 684 g/mol. The van der Waals surface area contributed by atoms with Crippen LogP contribution in [0.15, 0.2) is 11.6 Å². The zero-order chi connectivity index (χ0) is 35.7. The van der Waals surface area contributed by atoms with Crippen molar-refractivity contribution in [3.8, 4) is 0 Å². The molecule has 0 aromatic rings. The van der Waals surface area contributed by atoms with Gasteiger partial charge in [-0.3, -0.25) is 19.3 Å². The normalized spacial score (nSPS) is 43.5. The number of esters is 2. The van der Waals surface area contributed by atoms with Gasteiger partial charge in [-0.2, -0.15) is 0 Å². The van der Waals surface area contributed by atoms with Gasteiger partial charge in [0.1, 0.15) is 12.2 Å². The Hall–Kier alpha value is -1.93. The van der Waals surface area contributed by atoms with E-state index in [-0.39, 0.29) is 52.5 Å². The summed E-state index contributed by atoms with van der Waals surface area (Å²) in [5.41, 5.74) is -0.386. The van der Waals surface area contributed by atoms with E-state index in [9.17, 15) is 19.5 Å². The third-order valence-corrected chi connectivity index (χ3v) is 15.8. The molecular weight excluding hydrogens is 618 g/mol. The van der Waals surface area contributed by atoms with Crippen LogP contribution in [0.5, 0.6) is 0 Å². The largest absolute Gasteiger partial charge is 0.481 e. The predicted octanol–water partition coefficient (Wildman–Crippen LogP) is 7.54. The van der Waals surface area contributed by atoms with Crippen molar-refractivity contribution in [2.75, 3.05) is 32.8 Å². The zero-order valence-corrected chi connectivity index (χ0v) is 31.9. The highest BCUT2D eigenvalue weighted by Crippen LogP contribution is 2.75. The van der Waals surface area contributed by atoms with Crippen LogP contribution in [0.1, 0.15) is 120 Å². The fourth-order valence-electron chi connectivity index (χ4n) is 12.7. The minimum atomic E-state index is -0.660. The second-order valence-electron chi connectivity index (χ2n) is 18.8. The van der Waals surface area contributed by atoms with E-state index in [2.05, 4.69) is 66.4 Å². The Morgan fingerprint density at radius 2 is 1.71 bits per heavy atom. The Morgan fingerprint density at radius 1 is 1.00 bits per heavy atom. The molecular formula is C41H65NO7. The van der Waals surface area contributed by atoms with E-state index in [4.69, 9.17) is 14.2 Å². The van der Waals surface area contributed by atoms with Crippen molar-refractivity contribution in [3.05, 3.63) is 11.6 Å². The van der Waals surface area contributed by atoms with E-state index in [0.717, 1.165) is 45.2 Å². The summed E-state index contributed by atoms with van der Waals surface area (Å²) in [5.74, 6) is 0.0741. The second-order valence-corrected chi connectivity index (χ2v) is 18.8. The van der Waals surface area contributed by atoms with Gasteiger partial charge >= 0.3 is 17.9 Å². The van der Waals surface area contributed by atoms with Crippen molar-refractivity contribution in [2.45, 2.75) is 132 Å². The number of carboxylic acids is 1. The van der Waals surface area contributed by atoms with Gasteiger partial charge in [-0.1, -0.05) is 67.0 Å². The number of hydrogen-bond donors (Lipinski definition) is 1. The van der Waals surface area contributed by atoms with E-state index >= 15 is 0 Å². The number of hydrogen-bond acceptors (Lipinski definition) is 7. The number of fused-ring (bicyclic) bond motifs is 3. The highest BCUT2D eigenvalue weighted by atomic mass is 16.6. The first-order valence-electron chi connectivity index (χ1n) is 19.6. The monoisotopic (exact) mass is 683 g/mol. The Bertz CT molecular complexity index is 1340. The smallest absolute Gasteiger partial charge is 0.320 e. The molecule has 8 heteroatoms. The van der Waals surface area contributed by atoms with Crippen molar-refractivity contribution in [2.24, 2.45) is 62.6 Å². The average Bonchev–Trinajstić information content (AvgIpc) is 3.83. The van der Waals surface area contributed by atoms with Gasteiger partial charge in [0.05, 0.1) is 25.7 Å². The number of nitrogens with zero attached hydrogens (tertiary/aromatic N) is 1. The lowest BCUT2D eigenvalue weighted by molar-refractivity contribution is -0.263. The molecule has 1 aliphatic heterocycles. The number of allylic oxidation sites excluding steroid dienone is 1. The first-order valence-corrected chi connectivity index (χ1v) is 19.6. The van der Waals surface area contributed by atoms with Crippen LogP contribution in [-0.2, 0) is 28.6 Å². The fraction of sp³-hybridized carbons (Fsp3) is 0.878. The molecule has 276 valence electrons. The number of ether oxygens (including phenoxy) is 3. The van der Waals surface area contributed by atoms with Crippen LogP contribution in [0.25, 0.3) is 0 Å². The van der Waals surface area contributed by atoms with Crippen LogP contribution in [0, 0.1) is 62.6 Å². The summed E-state index contributed by atoms with van der Waals surface area (Å²) >= 11 is 0. The number of carboxylic acid groups (broad SMARTS) is 1. The molecule has 0 radical (unpaired) electrons. The van der Waals surface area contributed by atoms with Gasteiger partial charge in [-0.15, -0.1) is 0 Å². The molecule has 2 bridgehead atoms. The van der Waals surface area contributed by atoms with Gasteiger partial charge in [0.25, 0.3) is 0 Å². The summed E-state index contributed by atoms with van der Waals surface area (Å²) in [4.78, 5) is 42.0. The Morgan fingerprint density at radius 3 is 2.33 bits per heavy atom. The van der Waals surface area contributed by atoms with E-state index in [1.54, 1.807) is 0 Å². The molecule has 5 aliphatic carbocycles. The molecule has 1 saturated heterocycles. The summed E-state index contributed by atoms with van der Waals surface area (Å²) in [7, 11) is 0. The predicted molar refractivity (Wildman–Crippen MR) is 188 cm³/mol. The number of carbonyl (C=O) groups excluding carboxylic acids is 2. The molecule has 1 N–H and O–H groups in total. The molecule has 5 fully saturated rings. The quantitative estimate of drug-likeness (QED) is 0.176. The topological polar surface area (TPSA) is 102 Å². The lowest BCUT2D eigenvalue weighted by atomic mass is 9.34. The van der Waals surface area contributed by atoms with Crippen LogP contribution < -0.4 is 0 Å². The summed E-state index contributed by atoms with van der Waals surface area (Å²) in [5, 5.41) is 11.0. The summed E-state index contributed by atoms with van der Waals surface area (Å²) in [6, 6.07) is 0. The van der Waals surface area contributed by atoms with Crippen molar-refractivity contribution in [3.63, 3.8) is 0 Å². The molecule has 6 aliphatic rings. The Balaban J connectivity index is 1.35. The highest BCUT2D eigenvalue weighted by molar-refractivity contribution is 5.73. The van der Waals surface area contributed by atoms with Crippen molar-refractivity contribution in [1.29, 1.82) is 0 Å². The van der Waals surface area contributed by atoms with Gasteiger partial charge in [0.15, 0.2) is 0 Å². The molecule has 8 nitrogen and oxygen atoms in total. The highest BCUT2D eigenvalue weighted by Gasteiger charge is 2.72. The minimum absolute atomic E-state index is 0.200. The molecule has 0 spiro atoms. The molecule has 0 unspecified atom stereocenters. The first kappa shape index (κ1) is 36.8. The maximum Gasteiger partial charge on any atom is 0.320 e. The lowest BCUT2D eigenvalue weighted by Gasteiger charge is -2.71. The molecule has 6 rings (SSSR count). The van der Waals surface area contributed by atoms with Crippen LogP contribution in [0.3, 0.4) is 0 Å². The number of rotatable bonds is 11. The summed E-state index contributed by atoms with van der Waals surface area (Å²) in [6.45, 7) is 22.5. The standard InChI is InChI=1S/C41H65NO7/c1-10-19-42(21-28-11-12-28)22-33(44)49-35-31(48-27(5)43)20-41-24-47-23-38(35,7)32(41)14-13-29-30(41)15-16-40(9)34(36(45)46)37(6,26(4)25(2)3)17-18-39(29,40)8/h15,25-26,28-29,31-32,34-35H,10-14,16-24H2,1-9H3,(H,45,46)/t26-,29+,31-,32+,34-,35+,37-,38-,39-,40+,41-/m1/s1. The summed E-state index contributed by atoms with van der Waals surface area (Å²) < 4.78 is 19.2. The molecule has 0 aromatic heterocycles. The third-order valence-electron chi connectivity index (χ3n) is 15.8. The van der Waals surface area contributed by atoms with Crippen LogP contribution in [0.2, 0.25) is 0 Å². The van der Waals surface area contributed by atoms with Gasteiger partial charge < -0.3 is 19.3 Å². The fourth-order valence-corrected chi connectivity index (χ4v) is 12.7. The second kappa shape index (κ2) is 12.9. The van der Waals surface area contributed by atoms with E-state index in [0.29, 0.717) is 37.9 Å². The summed E-state index contributed by atoms with van der Waals surface area (Å²) in [6.07, 6.45) is 9.79. The van der Waals surface area contributed by atoms with Gasteiger partial charge in [-0.05, 0) is 110 Å². The molecule has 11 atom stereocenters. The molecule has 0 aromatic carbocycles. The van der Waals surface area contributed by atoms with Crippen molar-refractivity contribution in [1.82, 2.24) is 4.90 Å². The van der Waals surface area contributed by atoms with Gasteiger partial charge in [-0.25, -0.2) is 0 Å². The zero-order valence-electron chi connectivity index (χ0n) is 31.9. The molecule has 0 amide bonds. The van der Waals surface area contributed by atoms with Gasteiger partial charge in [0, 0.05) is 24.3 Å². The minimum Gasteiger partial charge on any atom is -0.481 e. The van der Waals surface area contributed by atoms with Crippen LogP contribution in [-0.4, -0.2) is 73.0 Å². The maximum absolute atomic E-state index is 13.7. The molecule has 4 saturated carbocycles. The number of aliphatic carboxylic acids is 1. The maximum atomic E-state index is 13.7. The number of carbonyl (C=O) groups is 3.